The van der Waals surface area contributed by atoms with Crippen molar-refractivity contribution in [2.45, 2.75) is 12.3 Å². The average molecular weight is 385 g/mol. The maximum atomic E-state index is 14.3. The van der Waals surface area contributed by atoms with Crippen LogP contribution in [0.5, 0.6) is 11.5 Å². The Morgan fingerprint density at radius 3 is 2.64 bits per heavy atom. The van der Waals surface area contributed by atoms with Gasteiger partial charge in [0.2, 0.25) is 5.91 Å². The molecule has 0 saturated carbocycles. The largest absolute Gasteiger partial charge is 0.497 e. The van der Waals surface area contributed by atoms with Gasteiger partial charge in [0.05, 0.1) is 20.4 Å². The summed E-state index contributed by atoms with van der Waals surface area (Å²) in [5, 5.41) is 6.98. The van der Waals surface area contributed by atoms with Gasteiger partial charge in [0.25, 0.3) is 0 Å². The molecular formula is C20H17F2N3O3. The molecule has 1 N–H and O–H groups in total. The van der Waals surface area contributed by atoms with Crippen molar-refractivity contribution >= 4 is 11.7 Å². The number of amides is 1. The number of hydrogen-bond donors (Lipinski definition) is 1. The third kappa shape index (κ3) is 2.96. The van der Waals surface area contributed by atoms with Gasteiger partial charge < -0.3 is 14.8 Å². The third-order valence-corrected chi connectivity index (χ3v) is 4.77. The van der Waals surface area contributed by atoms with Crippen LogP contribution in [-0.4, -0.2) is 29.9 Å². The van der Waals surface area contributed by atoms with Crippen LogP contribution in [0.15, 0.2) is 42.6 Å². The van der Waals surface area contributed by atoms with Crippen LogP contribution < -0.4 is 14.8 Å². The molecule has 3 aromatic rings. The van der Waals surface area contributed by atoms with E-state index in [-0.39, 0.29) is 23.9 Å². The molecular weight excluding hydrogens is 368 g/mol. The summed E-state index contributed by atoms with van der Waals surface area (Å²) in [6, 6.07) is 8.53. The lowest BCUT2D eigenvalue weighted by molar-refractivity contribution is -0.116. The zero-order valence-electron chi connectivity index (χ0n) is 15.2. The van der Waals surface area contributed by atoms with E-state index in [4.69, 9.17) is 9.47 Å². The zero-order chi connectivity index (χ0) is 19.8. The van der Waals surface area contributed by atoms with Gasteiger partial charge in [-0.05, 0) is 30.3 Å². The monoisotopic (exact) mass is 385 g/mol. The molecule has 0 bridgehead atoms. The van der Waals surface area contributed by atoms with Crippen LogP contribution in [-0.2, 0) is 4.79 Å². The van der Waals surface area contributed by atoms with Gasteiger partial charge in [-0.15, -0.1) is 0 Å². The standard InChI is InChI=1S/C20H17F2N3O3/c1-27-12-4-6-18(28-2)14(8-12)13-9-19(26)24-20-15(13)10-23-25(20)17-5-3-11(21)7-16(17)22/h3-8,10,13H,9H2,1-2H3,(H,24,26). The SMILES string of the molecule is COc1ccc(OC)c(C2CC(=O)Nc3c2cnn3-c2ccc(F)cc2F)c1. The highest BCUT2D eigenvalue weighted by Gasteiger charge is 2.32. The van der Waals surface area contributed by atoms with E-state index >= 15 is 0 Å². The van der Waals surface area contributed by atoms with E-state index in [9.17, 15) is 13.6 Å². The van der Waals surface area contributed by atoms with Gasteiger partial charge in [-0.3, -0.25) is 4.79 Å². The molecule has 0 saturated heterocycles. The Bertz CT molecular complexity index is 1060. The van der Waals surface area contributed by atoms with Gasteiger partial charge >= 0.3 is 0 Å². The summed E-state index contributed by atoms with van der Waals surface area (Å²) >= 11 is 0. The van der Waals surface area contributed by atoms with Gasteiger partial charge in [-0.25, -0.2) is 13.5 Å². The molecule has 144 valence electrons. The molecule has 0 radical (unpaired) electrons. The highest BCUT2D eigenvalue weighted by atomic mass is 19.1. The summed E-state index contributed by atoms with van der Waals surface area (Å²) in [6.45, 7) is 0. The number of rotatable bonds is 4. The van der Waals surface area contributed by atoms with Crippen LogP contribution in [0.1, 0.15) is 23.5 Å². The van der Waals surface area contributed by atoms with Crippen molar-refractivity contribution in [1.29, 1.82) is 0 Å². The van der Waals surface area contributed by atoms with Crippen LogP contribution in [0.4, 0.5) is 14.6 Å². The first-order chi connectivity index (χ1) is 13.5. The molecule has 1 aromatic heterocycles. The van der Waals surface area contributed by atoms with Crippen LogP contribution in [0.25, 0.3) is 5.69 Å². The van der Waals surface area contributed by atoms with Crippen LogP contribution in [0.3, 0.4) is 0 Å². The molecule has 8 heteroatoms. The molecule has 28 heavy (non-hydrogen) atoms. The van der Waals surface area contributed by atoms with Crippen LogP contribution in [0, 0.1) is 11.6 Å². The van der Waals surface area contributed by atoms with E-state index < -0.39 is 11.6 Å². The van der Waals surface area contributed by atoms with E-state index in [0.29, 0.717) is 22.9 Å². The third-order valence-electron chi connectivity index (χ3n) is 4.77. The molecule has 2 aromatic carbocycles. The van der Waals surface area contributed by atoms with Crippen molar-refractivity contribution in [1.82, 2.24) is 9.78 Å². The quantitative estimate of drug-likeness (QED) is 0.745. The number of ether oxygens (including phenoxy) is 2. The summed E-state index contributed by atoms with van der Waals surface area (Å²) in [5.41, 5.74) is 1.51. The number of methoxy groups -OCH3 is 2. The van der Waals surface area contributed by atoms with Crippen LogP contribution in [0.2, 0.25) is 0 Å². The fraction of sp³-hybridized carbons (Fsp3) is 0.200. The van der Waals surface area contributed by atoms with E-state index in [0.717, 1.165) is 17.7 Å². The van der Waals surface area contributed by atoms with E-state index in [1.54, 1.807) is 32.5 Å². The van der Waals surface area contributed by atoms with Gasteiger partial charge in [0, 0.05) is 29.5 Å². The molecule has 1 aliphatic heterocycles. The summed E-state index contributed by atoms with van der Waals surface area (Å²) in [6.07, 6.45) is 1.75. The highest BCUT2D eigenvalue weighted by Crippen LogP contribution is 2.42. The maximum Gasteiger partial charge on any atom is 0.226 e. The molecule has 6 nitrogen and oxygen atoms in total. The van der Waals surface area contributed by atoms with E-state index in [2.05, 4.69) is 10.4 Å². The Morgan fingerprint density at radius 1 is 1.11 bits per heavy atom. The molecule has 0 spiro atoms. The average Bonchev–Trinajstić information content (AvgIpc) is 3.10. The van der Waals surface area contributed by atoms with Crippen molar-refractivity contribution in [2.75, 3.05) is 19.5 Å². The Kier molecular flexibility index (Phi) is 4.46. The van der Waals surface area contributed by atoms with Gasteiger partial charge in [0.1, 0.15) is 28.8 Å². The number of halogens is 2. The molecule has 1 amide bonds. The molecule has 1 aliphatic rings. The van der Waals surface area contributed by atoms with Crippen molar-refractivity contribution < 1.29 is 23.0 Å². The lowest BCUT2D eigenvalue weighted by Crippen LogP contribution is -2.25. The fourth-order valence-corrected chi connectivity index (χ4v) is 3.44. The molecule has 4 rings (SSSR count). The molecule has 1 atom stereocenters. The number of nitrogens with zero attached hydrogens (tertiary/aromatic N) is 2. The predicted octanol–water partition coefficient (Wildman–Crippen LogP) is 3.64. The van der Waals surface area contributed by atoms with Crippen molar-refractivity contribution in [3.05, 3.63) is 65.4 Å². The minimum atomic E-state index is -0.777. The Hall–Kier alpha value is -3.42. The second-order valence-electron chi connectivity index (χ2n) is 6.37. The number of aromatic nitrogens is 2. The lowest BCUT2D eigenvalue weighted by atomic mass is 9.86. The van der Waals surface area contributed by atoms with Crippen molar-refractivity contribution in [3.8, 4) is 17.2 Å². The van der Waals surface area contributed by atoms with E-state index in [1.807, 2.05) is 6.07 Å². The number of fused-ring (bicyclic) bond motifs is 1. The summed E-state index contributed by atoms with van der Waals surface area (Å²) in [5.74, 6) is -0.492. The number of hydrogen-bond acceptors (Lipinski definition) is 4. The lowest BCUT2D eigenvalue weighted by Gasteiger charge is -2.25. The first-order valence-electron chi connectivity index (χ1n) is 8.57. The summed E-state index contributed by atoms with van der Waals surface area (Å²) in [7, 11) is 3.10. The predicted molar refractivity (Wildman–Crippen MR) is 98.1 cm³/mol. The van der Waals surface area contributed by atoms with Crippen LogP contribution >= 0.6 is 0 Å². The number of anilines is 1. The Morgan fingerprint density at radius 2 is 1.93 bits per heavy atom. The van der Waals surface area contributed by atoms with Gasteiger partial charge in [-0.1, -0.05) is 0 Å². The first kappa shape index (κ1) is 18.0. The number of benzene rings is 2. The second kappa shape index (κ2) is 6.95. The fourth-order valence-electron chi connectivity index (χ4n) is 3.44. The number of carbonyl (C=O) groups excluding carboxylic acids is 1. The highest BCUT2D eigenvalue weighted by molar-refractivity contribution is 5.94. The minimum absolute atomic E-state index is 0.0428. The second-order valence-corrected chi connectivity index (χ2v) is 6.37. The topological polar surface area (TPSA) is 65.4 Å². The number of nitrogens with one attached hydrogen (secondary N) is 1. The van der Waals surface area contributed by atoms with Crippen molar-refractivity contribution in [3.63, 3.8) is 0 Å². The molecule has 1 unspecified atom stereocenters. The number of carbonyl (C=O) groups is 1. The Labute approximate surface area is 159 Å². The first-order valence-corrected chi connectivity index (χ1v) is 8.57. The molecule has 0 fully saturated rings. The minimum Gasteiger partial charge on any atom is -0.497 e. The normalized spacial score (nSPS) is 15.7. The molecule has 0 aliphatic carbocycles. The summed E-state index contributed by atoms with van der Waals surface area (Å²) < 4.78 is 39.6. The van der Waals surface area contributed by atoms with Crippen molar-refractivity contribution in [2.24, 2.45) is 0 Å². The van der Waals surface area contributed by atoms with E-state index in [1.165, 1.54) is 10.7 Å². The smallest absolute Gasteiger partial charge is 0.226 e. The Balaban J connectivity index is 1.86. The molecule has 2 heterocycles. The maximum absolute atomic E-state index is 14.3. The zero-order valence-corrected chi connectivity index (χ0v) is 15.2. The summed E-state index contributed by atoms with van der Waals surface area (Å²) in [4.78, 5) is 12.4. The van der Waals surface area contributed by atoms with Gasteiger partial charge in [0.15, 0.2) is 5.82 Å². The van der Waals surface area contributed by atoms with Gasteiger partial charge in [-0.2, -0.15) is 5.10 Å².